The van der Waals surface area contributed by atoms with Crippen LogP contribution in [-0.4, -0.2) is 42.0 Å². The zero-order chi connectivity index (χ0) is 13.3. The average Bonchev–Trinajstić information content (AvgIpc) is 2.70. The molecule has 3 N–H and O–H groups in total. The van der Waals surface area contributed by atoms with Crippen LogP contribution in [0.3, 0.4) is 0 Å². The zero-order valence-electron chi connectivity index (χ0n) is 11.9. The number of nitrogens with one attached hydrogen (secondary N) is 1. The Hall–Kier alpha value is -0.610. The summed E-state index contributed by atoms with van der Waals surface area (Å²) >= 11 is 0. The molecule has 3 atom stereocenters. The van der Waals surface area contributed by atoms with Crippen LogP contribution in [0.1, 0.15) is 46.5 Å². The Morgan fingerprint density at radius 3 is 2.67 bits per heavy atom. The van der Waals surface area contributed by atoms with Crippen molar-refractivity contribution in [2.24, 2.45) is 11.1 Å². The molecule has 0 aromatic carbocycles. The third-order valence-electron chi connectivity index (χ3n) is 4.40. The Labute approximate surface area is 110 Å². The van der Waals surface area contributed by atoms with Gasteiger partial charge in [-0.1, -0.05) is 27.2 Å². The number of rotatable bonds is 2. The minimum absolute atomic E-state index is 0.0138. The molecule has 0 spiro atoms. The standard InChI is InChI=1S/C14H27N3O/c1-14(2,3)12(15)13(18)16-10-7-9-17-8-5-4-6-11(10)17/h10-12H,4-9,15H2,1-3H3,(H,16,18). The molecule has 0 aromatic rings. The number of carbonyl (C=O) groups excluding carboxylic acids is 1. The summed E-state index contributed by atoms with van der Waals surface area (Å²) in [4.78, 5) is 14.7. The highest BCUT2D eigenvalue weighted by molar-refractivity contribution is 5.82. The number of fused-ring (bicyclic) bond motifs is 1. The molecule has 0 aliphatic carbocycles. The third-order valence-corrected chi connectivity index (χ3v) is 4.40. The van der Waals surface area contributed by atoms with E-state index in [2.05, 4.69) is 10.2 Å². The second-order valence-electron chi connectivity index (χ2n) is 6.85. The van der Waals surface area contributed by atoms with Gasteiger partial charge >= 0.3 is 0 Å². The van der Waals surface area contributed by atoms with Crippen LogP contribution in [0.4, 0.5) is 0 Å². The molecule has 0 radical (unpaired) electrons. The molecule has 1 amide bonds. The monoisotopic (exact) mass is 253 g/mol. The van der Waals surface area contributed by atoms with Gasteiger partial charge in [-0.2, -0.15) is 0 Å². The number of amides is 1. The van der Waals surface area contributed by atoms with Gasteiger partial charge in [-0.15, -0.1) is 0 Å². The molecular weight excluding hydrogens is 226 g/mol. The van der Waals surface area contributed by atoms with Crippen molar-refractivity contribution in [3.05, 3.63) is 0 Å². The van der Waals surface area contributed by atoms with Gasteiger partial charge in [0.2, 0.25) is 5.91 Å². The van der Waals surface area contributed by atoms with E-state index >= 15 is 0 Å². The highest BCUT2D eigenvalue weighted by Gasteiger charge is 2.38. The summed E-state index contributed by atoms with van der Waals surface area (Å²) in [5.74, 6) is 0.0138. The van der Waals surface area contributed by atoms with E-state index in [1.54, 1.807) is 0 Å². The minimum Gasteiger partial charge on any atom is -0.350 e. The summed E-state index contributed by atoms with van der Waals surface area (Å²) < 4.78 is 0. The van der Waals surface area contributed by atoms with E-state index in [0.29, 0.717) is 12.1 Å². The van der Waals surface area contributed by atoms with E-state index in [-0.39, 0.29) is 11.3 Å². The van der Waals surface area contributed by atoms with Gasteiger partial charge in [-0.25, -0.2) is 0 Å². The van der Waals surface area contributed by atoms with Crippen LogP contribution in [0, 0.1) is 5.41 Å². The van der Waals surface area contributed by atoms with Crippen molar-refractivity contribution in [1.29, 1.82) is 0 Å². The minimum atomic E-state index is -0.421. The second-order valence-corrected chi connectivity index (χ2v) is 6.85. The average molecular weight is 253 g/mol. The Balaban J connectivity index is 1.92. The molecule has 2 rings (SSSR count). The number of nitrogens with two attached hydrogens (primary N) is 1. The third kappa shape index (κ3) is 2.86. The maximum Gasteiger partial charge on any atom is 0.237 e. The van der Waals surface area contributed by atoms with Crippen LogP contribution in [0.15, 0.2) is 0 Å². The van der Waals surface area contributed by atoms with Crippen molar-refractivity contribution in [1.82, 2.24) is 10.2 Å². The van der Waals surface area contributed by atoms with Crippen molar-refractivity contribution in [2.45, 2.75) is 64.6 Å². The molecule has 0 bridgehead atoms. The van der Waals surface area contributed by atoms with Crippen molar-refractivity contribution >= 4 is 5.91 Å². The lowest BCUT2D eigenvalue weighted by Gasteiger charge is -2.34. The van der Waals surface area contributed by atoms with Gasteiger partial charge in [0.1, 0.15) is 0 Å². The molecule has 4 nitrogen and oxygen atoms in total. The Bertz CT molecular complexity index is 311. The molecule has 2 heterocycles. The lowest BCUT2D eigenvalue weighted by Crippen LogP contribution is -2.54. The van der Waals surface area contributed by atoms with Crippen LogP contribution in [-0.2, 0) is 4.79 Å². The second kappa shape index (κ2) is 5.17. The first-order valence-electron chi connectivity index (χ1n) is 7.19. The first-order valence-corrected chi connectivity index (χ1v) is 7.19. The number of nitrogens with zero attached hydrogens (tertiary/aromatic N) is 1. The molecule has 18 heavy (non-hydrogen) atoms. The highest BCUT2D eigenvalue weighted by Crippen LogP contribution is 2.27. The summed E-state index contributed by atoms with van der Waals surface area (Å²) in [5, 5.41) is 3.18. The van der Waals surface area contributed by atoms with E-state index < -0.39 is 6.04 Å². The Morgan fingerprint density at radius 1 is 1.28 bits per heavy atom. The molecule has 0 aromatic heterocycles. The van der Waals surface area contributed by atoms with Crippen molar-refractivity contribution in [2.75, 3.05) is 13.1 Å². The largest absolute Gasteiger partial charge is 0.350 e. The fraction of sp³-hybridized carbons (Fsp3) is 0.929. The summed E-state index contributed by atoms with van der Waals surface area (Å²) in [7, 11) is 0. The maximum absolute atomic E-state index is 12.2. The summed E-state index contributed by atoms with van der Waals surface area (Å²) in [6.07, 6.45) is 4.89. The molecular formula is C14H27N3O. The summed E-state index contributed by atoms with van der Waals surface area (Å²) in [6, 6.07) is 0.441. The van der Waals surface area contributed by atoms with Gasteiger partial charge in [0.25, 0.3) is 0 Å². The predicted octanol–water partition coefficient (Wildman–Crippen LogP) is 1.10. The molecule has 4 heteroatoms. The lowest BCUT2D eigenvalue weighted by atomic mass is 9.86. The number of carbonyl (C=O) groups is 1. The predicted molar refractivity (Wildman–Crippen MR) is 73.2 cm³/mol. The van der Waals surface area contributed by atoms with Gasteiger partial charge in [-0.05, 0) is 31.2 Å². The fourth-order valence-electron chi connectivity index (χ4n) is 3.08. The maximum atomic E-state index is 12.2. The van der Waals surface area contributed by atoms with Crippen LogP contribution >= 0.6 is 0 Å². The summed E-state index contributed by atoms with van der Waals surface area (Å²) in [6.45, 7) is 8.36. The van der Waals surface area contributed by atoms with E-state index in [1.807, 2.05) is 20.8 Å². The SMILES string of the molecule is CC(C)(C)C(N)C(=O)NC1CCN2CCCCC12. The van der Waals surface area contributed by atoms with Crippen LogP contribution in [0.5, 0.6) is 0 Å². The first-order chi connectivity index (χ1) is 8.39. The summed E-state index contributed by atoms with van der Waals surface area (Å²) in [5.41, 5.74) is 5.84. The van der Waals surface area contributed by atoms with Crippen molar-refractivity contribution < 1.29 is 4.79 Å². The van der Waals surface area contributed by atoms with E-state index in [4.69, 9.17) is 5.73 Å². The van der Waals surface area contributed by atoms with E-state index in [1.165, 1.54) is 25.8 Å². The van der Waals surface area contributed by atoms with Crippen LogP contribution in [0.25, 0.3) is 0 Å². The van der Waals surface area contributed by atoms with E-state index in [0.717, 1.165) is 13.0 Å². The van der Waals surface area contributed by atoms with Crippen LogP contribution < -0.4 is 11.1 Å². The number of hydrogen-bond donors (Lipinski definition) is 2. The molecule has 104 valence electrons. The van der Waals surface area contributed by atoms with Gasteiger partial charge in [0.05, 0.1) is 6.04 Å². The van der Waals surface area contributed by atoms with Gasteiger partial charge < -0.3 is 11.1 Å². The van der Waals surface area contributed by atoms with Crippen molar-refractivity contribution in [3.8, 4) is 0 Å². The van der Waals surface area contributed by atoms with E-state index in [9.17, 15) is 4.79 Å². The number of hydrogen-bond acceptors (Lipinski definition) is 3. The van der Waals surface area contributed by atoms with Gasteiger partial charge in [0, 0.05) is 18.6 Å². The van der Waals surface area contributed by atoms with Crippen LogP contribution in [0.2, 0.25) is 0 Å². The molecule has 2 aliphatic heterocycles. The number of piperidine rings is 1. The van der Waals surface area contributed by atoms with Gasteiger partial charge in [0.15, 0.2) is 0 Å². The van der Waals surface area contributed by atoms with Crippen molar-refractivity contribution in [3.63, 3.8) is 0 Å². The molecule has 2 aliphatic rings. The first kappa shape index (κ1) is 13.8. The smallest absolute Gasteiger partial charge is 0.237 e. The molecule has 3 unspecified atom stereocenters. The molecule has 0 saturated carbocycles. The molecule has 2 saturated heterocycles. The zero-order valence-corrected chi connectivity index (χ0v) is 11.9. The molecule has 2 fully saturated rings. The quantitative estimate of drug-likeness (QED) is 0.775. The fourth-order valence-corrected chi connectivity index (χ4v) is 3.08. The topological polar surface area (TPSA) is 58.4 Å². The van der Waals surface area contributed by atoms with Gasteiger partial charge in [-0.3, -0.25) is 9.69 Å². The highest BCUT2D eigenvalue weighted by atomic mass is 16.2. The normalized spacial score (nSPS) is 30.9. The Morgan fingerprint density at radius 2 is 2.00 bits per heavy atom. The Kier molecular flexibility index (Phi) is 3.97. The lowest BCUT2D eigenvalue weighted by molar-refractivity contribution is -0.125.